The van der Waals surface area contributed by atoms with Crippen molar-refractivity contribution in [3.63, 3.8) is 0 Å². The van der Waals surface area contributed by atoms with Gasteiger partial charge >= 0.3 is 0 Å². The first-order valence-corrected chi connectivity index (χ1v) is 6.06. The first kappa shape index (κ1) is 13.0. The maximum Gasteiger partial charge on any atom is 0.239 e. The van der Waals surface area contributed by atoms with Crippen molar-refractivity contribution in [2.45, 2.75) is 6.04 Å². The van der Waals surface area contributed by atoms with E-state index in [1.54, 1.807) is 18.2 Å². The van der Waals surface area contributed by atoms with Crippen molar-refractivity contribution >= 4 is 5.91 Å². The van der Waals surface area contributed by atoms with Crippen molar-refractivity contribution in [1.82, 2.24) is 9.80 Å². The number of carbonyl (C=O) groups excluding carboxylic acids is 1. The molecule has 4 nitrogen and oxygen atoms in total. The average molecular weight is 251 g/mol. The highest BCUT2D eigenvalue weighted by Crippen LogP contribution is 2.24. The third-order valence-corrected chi connectivity index (χ3v) is 3.37. The summed E-state index contributed by atoms with van der Waals surface area (Å²) in [5, 5.41) is 0. The van der Waals surface area contributed by atoms with Crippen LogP contribution in [0.2, 0.25) is 0 Å². The summed E-state index contributed by atoms with van der Waals surface area (Å²) in [4.78, 5) is 15.8. The quantitative estimate of drug-likeness (QED) is 0.856. The lowest BCUT2D eigenvalue weighted by Gasteiger charge is -2.36. The lowest BCUT2D eigenvalue weighted by molar-refractivity contribution is -0.124. The minimum atomic E-state index is -0.667. The fourth-order valence-electron chi connectivity index (χ4n) is 2.31. The lowest BCUT2D eigenvalue weighted by Crippen LogP contribution is -2.49. The molecular formula is C13H18FN3O. The van der Waals surface area contributed by atoms with E-state index in [9.17, 15) is 9.18 Å². The van der Waals surface area contributed by atoms with Crippen LogP contribution in [0, 0.1) is 5.82 Å². The van der Waals surface area contributed by atoms with Gasteiger partial charge in [-0.2, -0.15) is 0 Å². The Balaban J connectivity index is 2.24. The molecule has 0 aliphatic carbocycles. The SMILES string of the molecule is CN1CCN(C(C(N)=O)c2ccccc2F)CC1. The topological polar surface area (TPSA) is 49.6 Å². The van der Waals surface area contributed by atoms with Gasteiger partial charge in [0.15, 0.2) is 0 Å². The van der Waals surface area contributed by atoms with Crippen LogP contribution in [0.15, 0.2) is 24.3 Å². The van der Waals surface area contributed by atoms with E-state index in [1.165, 1.54) is 6.07 Å². The molecule has 1 aromatic rings. The minimum absolute atomic E-state index is 0.370. The van der Waals surface area contributed by atoms with E-state index in [1.807, 2.05) is 11.9 Å². The van der Waals surface area contributed by atoms with Gasteiger partial charge in [-0.1, -0.05) is 18.2 Å². The first-order chi connectivity index (χ1) is 8.59. The Labute approximate surface area is 106 Å². The largest absolute Gasteiger partial charge is 0.368 e. The molecule has 0 saturated carbocycles. The van der Waals surface area contributed by atoms with Gasteiger partial charge in [-0.3, -0.25) is 9.69 Å². The second kappa shape index (κ2) is 5.46. The lowest BCUT2D eigenvalue weighted by atomic mass is 10.0. The maximum absolute atomic E-state index is 13.8. The molecule has 0 bridgehead atoms. The van der Waals surface area contributed by atoms with Crippen LogP contribution in [0.4, 0.5) is 4.39 Å². The van der Waals surface area contributed by atoms with E-state index in [2.05, 4.69) is 4.90 Å². The number of likely N-dealkylation sites (N-methyl/N-ethyl adjacent to an activating group) is 1. The first-order valence-electron chi connectivity index (χ1n) is 6.06. The Bertz CT molecular complexity index is 430. The van der Waals surface area contributed by atoms with Gasteiger partial charge in [0.1, 0.15) is 11.9 Å². The van der Waals surface area contributed by atoms with E-state index in [0.717, 1.165) is 26.2 Å². The molecule has 2 N–H and O–H groups in total. The van der Waals surface area contributed by atoms with E-state index in [4.69, 9.17) is 5.73 Å². The molecular weight excluding hydrogens is 233 g/mol. The Morgan fingerprint density at radius 1 is 1.28 bits per heavy atom. The minimum Gasteiger partial charge on any atom is -0.368 e. The summed E-state index contributed by atoms with van der Waals surface area (Å²) in [6, 6.07) is 5.66. The average Bonchev–Trinajstić information content (AvgIpc) is 2.34. The molecule has 98 valence electrons. The number of nitrogens with zero attached hydrogens (tertiary/aromatic N) is 2. The fraction of sp³-hybridized carbons (Fsp3) is 0.462. The molecule has 2 rings (SSSR count). The van der Waals surface area contributed by atoms with Gasteiger partial charge in [-0.25, -0.2) is 4.39 Å². The Morgan fingerprint density at radius 3 is 2.44 bits per heavy atom. The highest BCUT2D eigenvalue weighted by molar-refractivity contribution is 5.81. The number of hydrogen-bond acceptors (Lipinski definition) is 3. The molecule has 1 aliphatic heterocycles. The summed E-state index contributed by atoms with van der Waals surface area (Å²) in [5.41, 5.74) is 5.81. The highest BCUT2D eigenvalue weighted by atomic mass is 19.1. The number of rotatable bonds is 3. The number of nitrogens with two attached hydrogens (primary N) is 1. The summed E-state index contributed by atoms with van der Waals surface area (Å²) in [7, 11) is 2.03. The van der Waals surface area contributed by atoms with Crippen LogP contribution < -0.4 is 5.73 Å². The van der Waals surface area contributed by atoms with Crippen molar-refractivity contribution in [2.24, 2.45) is 5.73 Å². The molecule has 1 atom stereocenters. The summed E-state index contributed by atoms with van der Waals surface area (Å²) >= 11 is 0. The number of carbonyl (C=O) groups is 1. The van der Waals surface area contributed by atoms with E-state index in [0.29, 0.717) is 5.56 Å². The molecule has 1 heterocycles. The number of benzene rings is 1. The predicted molar refractivity (Wildman–Crippen MR) is 67.4 cm³/mol. The van der Waals surface area contributed by atoms with Crippen molar-refractivity contribution in [3.05, 3.63) is 35.6 Å². The summed E-state index contributed by atoms with van der Waals surface area (Å²) in [6.45, 7) is 3.16. The second-order valence-corrected chi connectivity index (χ2v) is 4.67. The zero-order valence-corrected chi connectivity index (χ0v) is 10.5. The number of hydrogen-bond donors (Lipinski definition) is 1. The molecule has 1 aromatic carbocycles. The van der Waals surface area contributed by atoms with Crippen molar-refractivity contribution in [3.8, 4) is 0 Å². The van der Waals surface area contributed by atoms with Crippen LogP contribution in [-0.4, -0.2) is 48.9 Å². The molecule has 1 amide bonds. The molecule has 1 fully saturated rings. The Kier molecular flexibility index (Phi) is 3.93. The number of amides is 1. The molecule has 1 saturated heterocycles. The molecule has 1 aliphatic rings. The Morgan fingerprint density at radius 2 is 1.89 bits per heavy atom. The third-order valence-electron chi connectivity index (χ3n) is 3.37. The summed E-state index contributed by atoms with van der Waals surface area (Å²) in [5.74, 6) is -0.870. The molecule has 0 aromatic heterocycles. The number of primary amides is 1. The van der Waals surface area contributed by atoms with E-state index >= 15 is 0 Å². The molecule has 18 heavy (non-hydrogen) atoms. The summed E-state index contributed by atoms with van der Waals surface area (Å²) < 4.78 is 13.8. The standard InChI is InChI=1S/C13H18FN3O/c1-16-6-8-17(9-7-16)12(13(15)18)10-4-2-3-5-11(10)14/h2-5,12H,6-9H2,1H3,(H2,15,18). The van der Waals surface area contributed by atoms with Gasteiger partial charge in [0, 0.05) is 31.7 Å². The van der Waals surface area contributed by atoms with Gasteiger partial charge < -0.3 is 10.6 Å². The molecule has 5 heteroatoms. The monoisotopic (exact) mass is 251 g/mol. The highest BCUT2D eigenvalue weighted by Gasteiger charge is 2.29. The molecule has 1 unspecified atom stereocenters. The zero-order valence-electron chi connectivity index (χ0n) is 10.5. The van der Waals surface area contributed by atoms with Gasteiger partial charge in [0.2, 0.25) is 5.91 Å². The fourth-order valence-corrected chi connectivity index (χ4v) is 2.31. The van der Waals surface area contributed by atoms with E-state index < -0.39 is 11.9 Å². The molecule has 0 spiro atoms. The van der Waals surface area contributed by atoms with Gasteiger partial charge in [0.05, 0.1) is 0 Å². The second-order valence-electron chi connectivity index (χ2n) is 4.67. The van der Waals surface area contributed by atoms with Crippen molar-refractivity contribution in [2.75, 3.05) is 33.2 Å². The number of halogens is 1. The van der Waals surface area contributed by atoms with Crippen LogP contribution in [0.25, 0.3) is 0 Å². The maximum atomic E-state index is 13.8. The van der Waals surface area contributed by atoms with Gasteiger partial charge in [-0.15, -0.1) is 0 Å². The normalized spacial score (nSPS) is 19.7. The molecule has 0 radical (unpaired) electrons. The van der Waals surface area contributed by atoms with E-state index in [-0.39, 0.29) is 5.82 Å². The third kappa shape index (κ3) is 2.68. The van der Waals surface area contributed by atoms with Crippen LogP contribution >= 0.6 is 0 Å². The zero-order chi connectivity index (χ0) is 13.1. The van der Waals surface area contributed by atoms with Crippen molar-refractivity contribution < 1.29 is 9.18 Å². The predicted octanol–water partition coefficient (Wildman–Crippen LogP) is 0.599. The Hall–Kier alpha value is -1.46. The number of piperazine rings is 1. The van der Waals surface area contributed by atoms with Crippen LogP contribution in [0.5, 0.6) is 0 Å². The van der Waals surface area contributed by atoms with Crippen LogP contribution in [0.1, 0.15) is 11.6 Å². The smallest absolute Gasteiger partial charge is 0.239 e. The van der Waals surface area contributed by atoms with Gasteiger partial charge in [0.25, 0.3) is 0 Å². The van der Waals surface area contributed by atoms with Crippen LogP contribution in [0.3, 0.4) is 0 Å². The van der Waals surface area contributed by atoms with Crippen molar-refractivity contribution in [1.29, 1.82) is 0 Å². The van der Waals surface area contributed by atoms with Gasteiger partial charge in [-0.05, 0) is 13.1 Å². The summed E-state index contributed by atoms with van der Waals surface area (Å²) in [6.07, 6.45) is 0. The van der Waals surface area contributed by atoms with Crippen LogP contribution in [-0.2, 0) is 4.79 Å².